The summed E-state index contributed by atoms with van der Waals surface area (Å²) < 4.78 is 19.1. The minimum atomic E-state index is -0.220. The molecule has 1 N–H and O–H groups in total. The summed E-state index contributed by atoms with van der Waals surface area (Å²) in [6.07, 6.45) is 1.44. The van der Waals surface area contributed by atoms with E-state index < -0.39 is 0 Å². The Labute approximate surface area is 141 Å². The number of halogens is 1. The number of methoxy groups -OCH3 is 1. The van der Waals surface area contributed by atoms with Crippen LogP contribution in [0.4, 0.5) is 4.39 Å². The normalized spacial score (nSPS) is 19.0. The van der Waals surface area contributed by atoms with Gasteiger partial charge in [0.05, 0.1) is 7.11 Å². The molecule has 0 aliphatic heterocycles. The second kappa shape index (κ2) is 7.04. The Morgan fingerprint density at radius 1 is 1.29 bits per heavy atom. The fraction of sp³-hybridized carbons (Fsp3) is 0.350. The minimum Gasteiger partial charge on any atom is -0.496 e. The number of hydrogen-bond donors (Lipinski definition) is 1. The predicted octanol–water partition coefficient (Wildman–Crippen LogP) is 3.61. The molecule has 0 heterocycles. The topological polar surface area (TPSA) is 38.3 Å². The number of hydrogen-bond acceptors (Lipinski definition) is 2. The van der Waals surface area contributed by atoms with Crippen molar-refractivity contribution in [2.24, 2.45) is 5.92 Å². The predicted molar refractivity (Wildman–Crippen MR) is 91.7 cm³/mol. The van der Waals surface area contributed by atoms with Gasteiger partial charge in [-0.1, -0.05) is 35.9 Å². The Morgan fingerprint density at radius 3 is 2.83 bits per heavy atom. The van der Waals surface area contributed by atoms with Gasteiger partial charge in [-0.3, -0.25) is 4.79 Å². The third-order valence-corrected chi connectivity index (χ3v) is 4.56. The van der Waals surface area contributed by atoms with Gasteiger partial charge in [-0.2, -0.15) is 0 Å². The summed E-state index contributed by atoms with van der Waals surface area (Å²) in [6, 6.07) is 12.7. The average molecular weight is 327 g/mol. The van der Waals surface area contributed by atoms with Gasteiger partial charge in [-0.05, 0) is 48.9 Å². The highest BCUT2D eigenvalue weighted by atomic mass is 19.1. The maximum Gasteiger partial charge on any atom is 0.223 e. The lowest BCUT2D eigenvalue weighted by atomic mass is 10.1. The van der Waals surface area contributed by atoms with Crippen LogP contribution in [0, 0.1) is 18.7 Å². The number of aryl methyl sites for hydroxylation is 1. The third-order valence-electron chi connectivity index (χ3n) is 4.56. The molecule has 1 saturated carbocycles. The molecule has 2 atom stereocenters. The monoisotopic (exact) mass is 327 g/mol. The van der Waals surface area contributed by atoms with E-state index in [2.05, 4.69) is 11.4 Å². The fourth-order valence-electron chi connectivity index (χ4n) is 3.16. The summed E-state index contributed by atoms with van der Waals surface area (Å²) in [4.78, 5) is 12.2. The van der Waals surface area contributed by atoms with Crippen molar-refractivity contribution in [1.29, 1.82) is 0 Å². The van der Waals surface area contributed by atoms with E-state index in [1.165, 1.54) is 11.6 Å². The van der Waals surface area contributed by atoms with E-state index in [1.54, 1.807) is 19.2 Å². The summed E-state index contributed by atoms with van der Waals surface area (Å²) in [5.74, 6) is 0.531. The first-order valence-corrected chi connectivity index (χ1v) is 8.26. The SMILES string of the molecule is COc1ccc(C)cc1CCNC(=O)C1CC1c1ccccc1F. The molecule has 0 aromatic heterocycles. The molecule has 2 aromatic rings. The lowest BCUT2D eigenvalue weighted by Gasteiger charge is -2.10. The van der Waals surface area contributed by atoms with E-state index in [4.69, 9.17) is 4.74 Å². The van der Waals surface area contributed by atoms with Gasteiger partial charge in [-0.15, -0.1) is 0 Å². The zero-order valence-electron chi connectivity index (χ0n) is 14.0. The summed E-state index contributed by atoms with van der Waals surface area (Å²) in [7, 11) is 1.65. The zero-order valence-corrected chi connectivity index (χ0v) is 14.0. The van der Waals surface area contributed by atoms with E-state index in [-0.39, 0.29) is 23.6 Å². The van der Waals surface area contributed by atoms with Crippen molar-refractivity contribution in [2.45, 2.75) is 25.7 Å². The van der Waals surface area contributed by atoms with Gasteiger partial charge in [0.2, 0.25) is 5.91 Å². The second-order valence-electron chi connectivity index (χ2n) is 6.33. The van der Waals surface area contributed by atoms with Gasteiger partial charge in [0, 0.05) is 12.5 Å². The van der Waals surface area contributed by atoms with Crippen LogP contribution in [0.25, 0.3) is 0 Å². The molecular weight excluding hydrogens is 305 g/mol. The number of carbonyl (C=O) groups excluding carboxylic acids is 1. The number of ether oxygens (including phenoxy) is 1. The van der Waals surface area contributed by atoms with E-state index in [9.17, 15) is 9.18 Å². The maximum absolute atomic E-state index is 13.8. The van der Waals surface area contributed by atoms with Gasteiger partial charge in [0.1, 0.15) is 11.6 Å². The standard InChI is InChI=1S/C20H22FNO2/c1-13-7-8-19(24-2)14(11-13)9-10-22-20(23)17-12-16(17)15-5-3-4-6-18(15)21/h3-8,11,16-17H,9-10,12H2,1-2H3,(H,22,23). The Balaban J connectivity index is 1.53. The molecule has 4 heteroatoms. The van der Waals surface area contributed by atoms with Crippen molar-refractivity contribution in [3.63, 3.8) is 0 Å². The van der Waals surface area contributed by atoms with Crippen LogP contribution in [0.5, 0.6) is 5.75 Å². The van der Waals surface area contributed by atoms with Crippen LogP contribution in [0.1, 0.15) is 29.0 Å². The molecule has 2 unspecified atom stereocenters. The molecule has 2 aromatic carbocycles. The van der Waals surface area contributed by atoms with Gasteiger partial charge < -0.3 is 10.1 Å². The smallest absolute Gasteiger partial charge is 0.223 e. The average Bonchev–Trinajstić information content (AvgIpc) is 3.36. The number of rotatable bonds is 6. The van der Waals surface area contributed by atoms with E-state index in [0.29, 0.717) is 18.5 Å². The fourth-order valence-corrected chi connectivity index (χ4v) is 3.16. The molecule has 1 aliphatic carbocycles. The minimum absolute atomic E-state index is 0.00914. The van der Waals surface area contributed by atoms with Gasteiger partial charge in [0.25, 0.3) is 0 Å². The maximum atomic E-state index is 13.8. The molecule has 0 saturated heterocycles. The Hall–Kier alpha value is -2.36. The number of carbonyl (C=O) groups is 1. The second-order valence-corrected chi connectivity index (χ2v) is 6.33. The van der Waals surface area contributed by atoms with E-state index in [1.807, 2.05) is 25.1 Å². The molecule has 1 amide bonds. The van der Waals surface area contributed by atoms with E-state index in [0.717, 1.165) is 17.7 Å². The summed E-state index contributed by atoms with van der Waals surface area (Å²) in [6.45, 7) is 2.59. The van der Waals surface area contributed by atoms with Crippen molar-refractivity contribution in [1.82, 2.24) is 5.32 Å². The third kappa shape index (κ3) is 3.58. The molecule has 0 bridgehead atoms. The van der Waals surface area contributed by atoms with Crippen LogP contribution in [0.2, 0.25) is 0 Å². The van der Waals surface area contributed by atoms with Crippen LogP contribution in [-0.4, -0.2) is 19.6 Å². The summed E-state index contributed by atoms with van der Waals surface area (Å²) in [5, 5.41) is 2.97. The van der Waals surface area contributed by atoms with Crippen LogP contribution in [-0.2, 0) is 11.2 Å². The highest BCUT2D eigenvalue weighted by molar-refractivity contribution is 5.82. The number of amides is 1. The quantitative estimate of drug-likeness (QED) is 0.880. The zero-order chi connectivity index (χ0) is 17.1. The number of benzene rings is 2. The van der Waals surface area contributed by atoms with E-state index >= 15 is 0 Å². The molecule has 126 valence electrons. The molecule has 24 heavy (non-hydrogen) atoms. The van der Waals surface area contributed by atoms with Crippen molar-refractivity contribution >= 4 is 5.91 Å². The van der Waals surface area contributed by atoms with Gasteiger partial charge in [-0.25, -0.2) is 4.39 Å². The van der Waals surface area contributed by atoms with Crippen LogP contribution in [0.15, 0.2) is 42.5 Å². The lowest BCUT2D eigenvalue weighted by molar-refractivity contribution is -0.122. The summed E-state index contributed by atoms with van der Waals surface area (Å²) >= 11 is 0. The first-order chi connectivity index (χ1) is 11.6. The highest BCUT2D eigenvalue weighted by Crippen LogP contribution is 2.48. The van der Waals surface area contributed by atoms with Crippen molar-refractivity contribution in [3.05, 3.63) is 65.0 Å². The summed E-state index contributed by atoms with van der Waals surface area (Å²) in [5.41, 5.74) is 2.90. The molecule has 1 fully saturated rings. The van der Waals surface area contributed by atoms with Crippen LogP contribution in [0.3, 0.4) is 0 Å². The number of nitrogens with one attached hydrogen (secondary N) is 1. The van der Waals surface area contributed by atoms with Crippen LogP contribution >= 0.6 is 0 Å². The molecule has 3 rings (SSSR count). The lowest BCUT2D eigenvalue weighted by Crippen LogP contribution is -2.27. The molecule has 0 spiro atoms. The largest absolute Gasteiger partial charge is 0.496 e. The molecular formula is C20H22FNO2. The van der Waals surface area contributed by atoms with Crippen molar-refractivity contribution in [3.8, 4) is 5.75 Å². The highest BCUT2D eigenvalue weighted by Gasteiger charge is 2.44. The first kappa shape index (κ1) is 16.5. The Morgan fingerprint density at radius 2 is 2.08 bits per heavy atom. The van der Waals surface area contributed by atoms with Gasteiger partial charge in [0.15, 0.2) is 0 Å². The Bertz CT molecular complexity index is 744. The molecule has 1 aliphatic rings. The first-order valence-electron chi connectivity index (χ1n) is 8.26. The van der Waals surface area contributed by atoms with Crippen molar-refractivity contribution in [2.75, 3.05) is 13.7 Å². The molecule has 3 nitrogen and oxygen atoms in total. The Kier molecular flexibility index (Phi) is 4.84. The van der Waals surface area contributed by atoms with Crippen LogP contribution < -0.4 is 10.1 Å². The van der Waals surface area contributed by atoms with Crippen molar-refractivity contribution < 1.29 is 13.9 Å². The molecule has 0 radical (unpaired) electrons. The van der Waals surface area contributed by atoms with Gasteiger partial charge >= 0.3 is 0 Å².